The molecule has 0 radical (unpaired) electrons. The van der Waals surface area contributed by atoms with Gasteiger partial charge in [-0.05, 0) is 56.8 Å². The van der Waals surface area contributed by atoms with Gasteiger partial charge >= 0.3 is 0 Å². The molecule has 0 saturated carbocycles. The predicted octanol–water partition coefficient (Wildman–Crippen LogP) is 12.3. The van der Waals surface area contributed by atoms with Gasteiger partial charge in [0.15, 0.2) is 17.5 Å². The van der Waals surface area contributed by atoms with Crippen molar-refractivity contribution < 1.29 is 0 Å². The SMILES string of the molecule is c1ccc(-c2nc(-c3cccc(-n4c5c(c6ccccc64)C4(c6ccccc6-c6ccccc64)c4ccccc4-5)c3)nc(-c3cccc4ccccc34)n2)cc1. The maximum atomic E-state index is 5.22. The summed E-state index contributed by atoms with van der Waals surface area (Å²) in [5, 5.41) is 3.51. The number of aromatic nitrogens is 4. The fourth-order valence-electron chi connectivity index (χ4n) is 9.63. The first-order chi connectivity index (χ1) is 27.8. The van der Waals surface area contributed by atoms with E-state index in [1.165, 1.54) is 55.5 Å². The van der Waals surface area contributed by atoms with Crippen molar-refractivity contribution in [3.63, 3.8) is 0 Å². The molecule has 260 valence electrons. The molecule has 2 aromatic heterocycles. The topological polar surface area (TPSA) is 43.6 Å². The van der Waals surface area contributed by atoms with E-state index in [4.69, 9.17) is 15.0 Å². The van der Waals surface area contributed by atoms with E-state index in [1.54, 1.807) is 0 Å². The van der Waals surface area contributed by atoms with Gasteiger partial charge in [-0.3, -0.25) is 0 Å². The Morgan fingerprint density at radius 2 is 0.893 bits per heavy atom. The number of hydrogen-bond acceptors (Lipinski definition) is 3. The molecule has 0 saturated heterocycles. The van der Waals surface area contributed by atoms with Gasteiger partial charge in [-0.1, -0.05) is 176 Å². The molecular weight excluding hydrogens is 681 g/mol. The van der Waals surface area contributed by atoms with E-state index in [-0.39, 0.29) is 0 Å². The lowest BCUT2D eigenvalue weighted by atomic mass is 9.70. The van der Waals surface area contributed by atoms with E-state index in [0.717, 1.165) is 33.2 Å². The van der Waals surface area contributed by atoms with E-state index in [0.29, 0.717) is 17.5 Å². The number of hydrogen-bond donors (Lipinski definition) is 0. The van der Waals surface area contributed by atoms with Crippen LogP contribution in [0.25, 0.3) is 83.9 Å². The highest BCUT2D eigenvalue weighted by molar-refractivity contribution is 6.05. The molecule has 2 aliphatic rings. The number of benzene rings is 8. The zero-order chi connectivity index (χ0) is 36.8. The average Bonchev–Trinajstić information content (AvgIpc) is 3.88. The smallest absolute Gasteiger partial charge is 0.164 e. The Bertz CT molecular complexity index is 3160. The molecular formula is C52H32N4. The standard InChI is InChI=1S/C52H32N4/c1-2-17-34(18-3-1)49-53-50(55-51(54-49)40-27-15-19-33-16-4-5-22-37(33)40)35-20-14-21-36(32-35)56-46-31-13-9-26-42(46)47-48(56)41-25-8-12-30-45(41)52(47)43-28-10-6-23-38(43)39-24-7-11-29-44(39)52/h1-32H. The van der Waals surface area contributed by atoms with Crippen LogP contribution in [0.1, 0.15) is 22.3 Å². The summed E-state index contributed by atoms with van der Waals surface area (Å²) in [4.78, 5) is 15.5. The minimum Gasteiger partial charge on any atom is -0.309 e. The van der Waals surface area contributed by atoms with Gasteiger partial charge in [-0.15, -0.1) is 0 Å². The third kappa shape index (κ3) is 4.21. The summed E-state index contributed by atoms with van der Waals surface area (Å²) in [6.45, 7) is 0. The number of fused-ring (bicyclic) bond motifs is 13. The van der Waals surface area contributed by atoms with Crippen molar-refractivity contribution in [2.75, 3.05) is 0 Å². The highest BCUT2D eigenvalue weighted by atomic mass is 15.0. The fraction of sp³-hybridized carbons (Fsp3) is 0.0192. The third-order valence-corrected chi connectivity index (χ3v) is 11.8. The second-order valence-electron chi connectivity index (χ2n) is 14.7. The van der Waals surface area contributed by atoms with Gasteiger partial charge in [0, 0.05) is 38.9 Å². The molecule has 0 aliphatic heterocycles. The van der Waals surface area contributed by atoms with Gasteiger partial charge in [0.25, 0.3) is 0 Å². The van der Waals surface area contributed by atoms with Crippen molar-refractivity contribution in [1.82, 2.24) is 19.5 Å². The highest BCUT2D eigenvalue weighted by Gasteiger charge is 2.54. The number of nitrogens with zero attached hydrogens (tertiary/aromatic N) is 4. The molecule has 2 heterocycles. The molecule has 0 unspecified atom stereocenters. The fourth-order valence-corrected chi connectivity index (χ4v) is 9.63. The molecule has 1 spiro atoms. The minimum atomic E-state index is -0.451. The maximum Gasteiger partial charge on any atom is 0.164 e. The van der Waals surface area contributed by atoms with Crippen LogP contribution in [0.5, 0.6) is 0 Å². The van der Waals surface area contributed by atoms with Crippen molar-refractivity contribution in [2.45, 2.75) is 5.41 Å². The van der Waals surface area contributed by atoms with Crippen LogP contribution >= 0.6 is 0 Å². The molecule has 0 amide bonds. The Balaban J connectivity index is 1.12. The summed E-state index contributed by atoms with van der Waals surface area (Å²) >= 11 is 0. The number of para-hydroxylation sites is 1. The summed E-state index contributed by atoms with van der Waals surface area (Å²) < 4.78 is 2.47. The molecule has 8 aromatic carbocycles. The zero-order valence-electron chi connectivity index (χ0n) is 30.3. The van der Waals surface area contributed by atoms with Gasteiger partial charge in [-0.25, -0.2) is 15.0 Å². The van der Waals surface area contributed by atoms with Gasteiger partial charge in [0.1, 0.15) is 0 Å². The quantitative estimate of drug-likeness (QED) is 0.182. The molecule has 0 atom stereocenters. The Morgan fingerprint density at radius 1 is 0.375 bits per heavy atom. The largest absolute Gasteiger partial charge is 0.309 e. The van der Waals surface area contributed by atoms with Crippen LogP contribution in [-0.2, 0) is 5.41 Å². The van der Waals surface area contributed by atoms with Crippen LogP contribution in [0, 0.1) is 0 Å². The van der Waals surface area contributed by atoms with Crippen LogP contribution in [-0.4, -0.2) is 19.5 Å². The first kappa shape index (κ1) is 31.0. The lowest BCUT2D eigenvalue weighted by molar-refractivity contribution is 0.801. The summed E-state index contributed by atoms with van der Waals surface area (Å²) in [6, 6.07) is 69.5. The third-order valence-electron chi connectivity index (χ3n) is 11.8. The van der Waals surface area contributed by atoms with Gasteiger partial charge in [-0.2, -0.15) is 0 Å². The van der Waals surface area contributed by atoms with E-state index in [1.807, 2.05) is 18.2 Å². The molecule has 56 heavy (non-hydrogen) atoms. The van der Waals surface area contributed by atoms with Gasteiger partial charge < -0.3 is 4.57 Å². The molecule has 10 aromatic rings. The summed E-state index contributed by atoms with van der Waals surface area (Å²) in [7, 11) is 0. The van der Waals surface area contributed by atoms with Crippen molar-refractivity contribution >= 4 is 21.7 Å². The normalized spacial score (nSPS) is 13.1. The van der Waals surface area contributed by atoms with Crippen LogP contribution in [0.3, 0.4) is 0 Å². The van der Waals surface area contributed by atoms with Crippen molar-refractivity contribution in [3.05, 3.63) is 216 Å². The predicted molar refractivity (Wildman–Crippen MR) is 227 cm³/mol. The van der Waals surface area contributed by atoms with E-state index < -0.39 is 5.41 Å². The van der Waals surface area contributed by atoms with Crippen LogP contribution < -0.4 is 0 Å². The molecule has 2 aliphatic carbocycles. The maximum absolute atomic E-state index is 5.22. The molecule has 0 fully saturated rings. The lowest BCUT2D eigenvalue weighted by Gasteiger charge is -2.30. The molecule has 4 heteroatoms. The zero-order valence-corrected chi connectivity index (χ0v) is 30.3. The van der Waals surface area contributed by atoms with Crippen molar-refractivity contribution in [3.8, 4) is 62.2 Å². The Labute approximate surface area is 324 Å². The lowest BCUT2D eigenvalue weighted by Crippen LogP contribution is -2.25. The first-order valence-electron chi connectivity index (χ1n) is 19.1. The summed E-state index contributed by atoms with van der Waals surface area (Å²) in [5.74, 6) is 1.93. The highest BCUT2D eigenvalue weighted by Crippen LogP contribution is 2.65. The Kier molecular flexibility index (Phi) is 6.52. The summed E-state index contributed by atoms with van der Waals surface area (Å²) in [6.07, 6.45) is 0. The van der Waals surface area contributed by atoms with E-state index >= 15 is 0 Å². The van der Waals surface area contributed by atoms with Crippen LogP contribution in [0.2, 0.25) is 0 Å². The van der Waals surface area contributed by atoms with Crippen LogP contribution in [0.15, 0.2) is 194 Å². The monoisotopic (exact) mass is 712 g/mol. The molecule has 0 N–H and O–H groups in total. The second-order valence-corrected chi connectivity index (χ2v) is 14.7. The first-order valence-corrected chi connectivity index (χ1v) is 19.1. The molecule has 0 bridgehead atoms. The second kappa shape index (κ2) is 11.8. The summed E-state index contributed by atoms with van der Waals surface area (Å²) in [5.41, 5.74) is 15.0. The Morgan fingerprint density at radius 3 is 1.66 bits per heavy atom. The van der Waals surface area contributed by atoms with E-state index in [2.05, 4.69) is 180 Å². The van der Waals surface area contributed by atoms with E-state index in [9.17, 15) is 0 Å². The average molecular weight is 713 g/mol. The van der Waals surface area contributed by atoms with Gasteiger partial charge in [0.2, 0.25) is 0 Å². The minimum absolute atomic E-state index is 0.451. The van der Waals surface area contributed by atoms with Crippen LogP contribution in [0.4, 0.5) is 0 Å². The Hall–Kier alpha value is -7.43. The number of rotatable bonds is 4. The van der Waals surface area contributed by atoms with Crippen molar-refractivity contribution in [1.29, 1.82) is 0 Å². The van der Waals surface area contributed by atoms with Crippen molar-refractivity contribution in [2.24, 2.45) is 0 Å². The van der Waals surface area contributed by atoms with Gasteiger partial charge in [0.05, 0.1) is 16.6 Å². The molecule has 4 nitrogen and oxygen atoms in total. The molecule has 12 rings (SSSR count).